The van der Waals surface area contributed by atoms with Crippen molar-refractivity contribution in [2.75, 3.05) is 0 Å². The summed E-state index contributed by atoms with van der Waals surface area (Å²) in [5.74, 6) is 0. The minimum atomic E-state index is 0. The molecule has 10 heavy (non-hydrogen) atoms. The molecule has 0 saturated heterocycles. The number of allylic oxidation sites excluding steroid dienone is 5. The zero-order valence-corrected chi connectivity index (χ0v) is 9.19. The molecule has 0 unspecified atom stereocenters. The van der Waals surface area contributed by atoms with E-state index < -0.39 is 0 Å². The maximum atomic E-state index is 3.68. The fourth-order valence-electron chi connectivity index (χ4n) is 0.970. The van der Waals surface area contributed by atoms with Crippen LogP contribution >= 0.6 is 0 Å². The number of hydrogen-bond acceptors (Lipinski definition) is 0. The van der Waals surface area contributed by atoms with Crippen LogP contribution in [0.15, 0.2) is 29.9 Å². The molecule has 0 aromatic carbocycles. The molecule has 48 valence electrons. The Balaban J connectivity index is 0.000000810. The van der Waals surface area contributed by atoms with Crippen LogP contribution in [0, 0.1) is 6.08 Å². The topological polar surface area (TPSA) is 0 Å². The van der Waals surface area contributed by atoms with E-state index >= 15 is 0 Å². The zero-order valence-electron chi connectivity index (χ0n) is 6.35. The molecule has 0 atom stereocenters. The van der Waals surface area contributed by atoms with Crippen molar-refractivity contribution in [3.8, 4) is 0 Å². The zero-order chi connectivity index (χ0) is 6.69. The Labute approximate surface area is 88.0 Å². The summed E-state index contributed by atoms with van der Waals surface area (Å²) in [5, 5.41) is 0. The van der Waals surface area contributed by atoms with Gasteiger partial charge in [-0.2, -0.15) is 36.0 Å². The standard InChI is InChI=1S/C9H11.Y/c1-3-8-5-6-9(4-2)7-8;/h3-4H,1,5-6H2,2H3;/q-1;+3/b9-4+;. The quantitative estimate of drug-likeness (QED) is 0.581. The summed E-state index contributed by atoms with van der Waals surface area (Å²) in [6.45, 7) is 5.73. The van der Waals surface area contributed by atoms with Gasteiger partial charge in [-0.15, -0.1) is 0 Å². The van der Waals surface area contributed by atoms with Gasteiger partial charge in [-0.3, -0.25) is 0 Å². The molecule has 1 aliphatic rings. The van der Waals surface area contributed by atoms with Crippen LogP contribution in [0.3, 0.4) is 0 Å². The Morgan fingerprint density at radius 2 is 2.20 bits per heavy atom. The largest absolute Gasteiger partial charge is 3.00 e. The van der Waals surface area contributed by atoms with E-state index in [1.807, 2.05) is 13.0 Å². The molecule has 0 amide bonds. The fourth-order valence-corrected chi connectivity index (χ4v) is 0.970. The second kappa shape index (κ2) is 5.04. The summed E-state index contributed by atoms with van der Waals surface area (Å²) in [6.07, 6.45) is 9.52. The number of rotatable bonds is 1. The van der Waals surface area contributed by atoms with Crippen molar-refractivity contribution in [2.45, 2.75) is 19.8 Å². The van der Waals surface area contributed by atoms with Gasteiger partial charge in [0.1, 0.15) is 0 Å². The van der Waals surface area contributed by atoms with Gasteiger partial charge in [0.05, 0.1) is 0 Å². The molecule has 0 nitrogen and oxygen atoms in total. The maximum Gasteiger partial charge on any atom is 3.00 e. The summed E-state index contributed by atoms with van der Waals surface area (Å²) < 4.78 is 0. The van der Waals surface area contributed by atoms with Gasteiger partial charge in [0.15, 0.2) is 0 Å². The van der Waals surface area contributed by atoms with E-state index in [0.717, 1.165) is 12.8 Å². The average molecular weight is 208 g/mol. The molecule has 0 aromatic heterocycles. The molecule has 0 bridgehead atoms. The molecule has 1 rings (SSSR count). The van der Waals surface area contributed by atoms with Gasteiger partial charge >= 0.3 is 32.7 Å². The third-order valence-corrected chi connectivity index (χ3v) is 1.58. The van der Waals surface area contributed by atoms with Crippen LogP contribution in [0.25, 0.3) is 0 Å². The maximum absolute atomic E-state index is 3.68. The summed E-state index contributed by atoms with van der Waals surface area (Å²) in [4.78, 5) is 0. The Morgan fingerprint density at radius 1 is 1.50 bits per heavy atom. The van der Waals surface area contributed by atoms with Crippen molar-refractivity contribution in [1.82, 2.24) is 0 Å². The molecule has 1 heteroatoms. The summed E-state index contributed by atoms with van der Waals surface area (Å²) in [7, 11) is 0. The van der Waals surface area contributed by atoms with Gasteiger partial charge in [-0.1, -0.05) is 6.92 Å². The van der Waals surface area contributed by atoms with E-state index in [-0.39, 0.29) is 32.7 Å². The van der Waals surface area contributed by atoms with Gasteiger partial charge in [-0.05, 0) is 12.8 Å². The van der Waals surface area contributed by atoms with Crippen LogP contribution < -0.4 is 0 Å². The van der Waals surface area contributed by atoms with Crippen molar-refractivity contribution < 1.29 is 32.7 Å². The normalized spacial score (nSPS) is 20.1. The SMILES string of the molecule is C=CC1=[C-]/C(=C/C)CC1.[Y+3]. The number of hydrogen-bond donors (Lipinski definition) is 0. The van der Waals surface area contributed by atoms with Crippen molar-refractivity contribution in [3.63, 3.8) is 0 Å². The second-order valence-corrected chi connectivity index (χ2v) is 2.17. The molecule has 0 aromatic rings. The molecule has 0 aliphatic heterocycles. The third-order valence-electron chi connectivity index (χ3n) is 1.58. The van der Waals surface area contributed by atoms with E-state index in [1.54, 1.807) is 0 Å². The summed E-state index contributed by atoms with van der Waals surface area (Å²) in [6, 6.07) is 0. The smallest absolute Gasteiger partial charge is 0.179 e. The molecule has 0 N–H and O–H groups in total. The van der Waals surface area contributed by atoms with Crippen LogP contribution in [0.5, 0.6) is 0 Å². The molecular weight excluding hydrogens is 197 g/mol. The molecule has 0 saturated carbocycles. The van der Waals surface area contributed by atoms with Gasteiger partial charge in [0.25, 0.3) is 0 Å². The first-order valence-corrected chi connectivity index (χ1v) is 3.27. The predicted octanol–water partition coefficient (Wildman–Crippen LogP) is 2.64. The molecule has 0 heterocycles. The van der Waals surface area contributed by atoms with E-state index in [9.17, 15) is 0 Å². The Bertz CT molecular complexity index is 175. The van der Waals surface area contributed by atoms with Crippen LogP contribution in [0.4, 0.5) is 0 Å². The van der Waals surface area contributed by atoms with Crippen molar-refractivity contribution >= 4 is 0 Å². The molecule has 0 radical (unpaired) electrons. The van der Waals surface area contributed by atoms with Crippen LogP contribution in [-0.2, 0) is 32.7 Å². The predicted molar refractivity (Wildman–Crippen MR) is 39.9 cm³/mol. The Morgan fingerprint density at radius 3 is 2.50 bits per heavy atom. The molecule has 0 spiro atoms. The average Bonchev–Trinajstić information content (AvgIpc) is 2.34. The van der Waals surface area contributed by atoms with Gasteiger partial charge < -0.3 is 0 Å². The first kappa shape index (κ1) is 10.3. The first-order valence-electron chi connectivity index (χ1n) is 3.27. The minimum absolute atomic E-state index is 0. The third kappa shape index (κ3) is 2.52. The molecule has 1 aliphatic carbocycles. The van der Waals surface area contributed by atoms with Gasteiger partial charge in [0.2, 0.25) is 0 Å². The van der Waals surface area contributed by atoms with Crippen molar-refractivity contribution in [2.24, 2.45) is 0 Å². The second-order valence-electron chi connectivity index (χ2n) is 2.17. The Hall–Kier alpha value is 0.324. The van der Waals surface area contributed by atoms with Crippen LogP contribution in [0.2, 0.25) is 0 Å². The monoisotopic (exact) mass is 208 g/mol. The van der Waals surface area contributed by atoms with E-state index in [2.05, 4.69) is 18.7 Å². The Kier molecular flexibility index (Phi) is 5.20. The van der Waals surface area contributed by atoms with E-state index in [0.29, 0.717) is 0 Å². The minimum Gasteiger partial charge on any atom is -0.179 e. The summed E-state index contributed by atoms with van der Waals surface area (Å²) >= 11 is 0. The van der Waals surface area contributed by atoms with Crippen molar-refractivity contribution in [3.05, 3.63) is 36.0 Å². The van der Waals surface area contributed by atoms with Gasteiger partial charge in [-0.25, -0.2) is 0 Å². The van der Waals surface area contributed by atoms with Crippen LogP contribution in [-0.4, -0.2) is 0 Å². The van der Waals surface area contributed by atoms with E-state index in [1.165, 1.54) is 11.1 Å². The van der Waals surface area contributed by atoms with Gasteiger partial charge in [0, 0.05) is 0 Å². The molecule has 0 fully saturated rings. The van der Waals surface area contributed by atoms with E-state index in [4.69, 9.17) is 0 Å². The molecular formula is C9H11Y+2. The first-order chi connectivity index (χ1) is 4.36. The fraction of sp³-hybridized carbons (Fsp3) is 0.333. The summed E-state index contributed by atoms with van der Waals surface area (Å²) in [5.41, 5.74) is 2.58. The van der Waals surface area contributed by atoms with Crippen LogP contribution in [0.1, 0.15) is 19.8 Å². The van der Waals surface area contributed by atoms with Crippen molar-refractivity contribution in [1.29, 1.82) is 0 Å².